The van der Waals surface area contributed by atoms with Gasteiger partial charge in [0.25, 0.3) is 0 Å². The van der Waals surface area contributed by atoms with E-state index in [9.17, 15) is 9.18 Å². The number of rotatable bonds is 4. The number of alkyl halides is 1. The lowest BCUT2D eigenvalue weighted by Gasteiger charge is -2.38. The van der Waals surface area contributed by atoms with Gasteiger partial charge in [-0.15, -0.1) is 0 Å². The van der Waals surface area contributed by atoms with E-state index in [1.807, 2.05) is 35.2 Å². The first-order valence-corrected chi connectivity index (χ1v) is 7.83. The molecule has 0 N–H and O–H groups in total. The zero-order valence-electron chi connectivity index (χ0n) is 12.2. The summed E-state index contributed by atoms with van der Waals surface area (Å²) in [5.41, 5.74) is 1.01. The monoisotopic (exact) mass is 291 g/mol. The molecule has 2 heterocycles. The van der Waals surface area contributed by atoms with Crippen LogP contribution in [-0.4, -0.2) is 29.8 Å². The maximum Gasteiger partial charge on any atom is 0.410 e. The number of amides is 1. The number of hydrogen-bond donors (Lipinski definition) is 0. The summed E-state index contributed by atoms with van der Waals surface area (Å²) in [5, 5.41) is 0. The molecule has 2 aliphatic rings. The fourth-order valence-corrected chi connectivity index (χ4v) is 3.77. The number of piperidine rings is 1. The number of fused-ring (bicyclic) bond motifs is 2. The van der Waals surface area contributed by atoms with Crippen molar-refractivity contribution >= 4 is 6.09 Å². The summed E-state index contributed by atoms with van der Waals surface area (Å²) in [7, 11) is 0. The molecule has 4 heteroatoms. The largest absolute Gasteiger partial charge is 0.445 e. The van der Waals surface area contributed by atoms with E-state index < -0.39 is 0 Å². The zero-order valence-corrected chi connectivity index (χ0v) is 12.2. The molecule has 2 saturated heterocycles. The summed E-state index contributed by atoms with van der Waals surface area (Å²) in [4.78, 5) is 14.2. The van der Waals surface area contributed by atoms with E-state index in [1.165, 1.54) is 0 Å². The maximum absolute atomic E-state index is 12.5. The van der Waals surface area contributed by atoms with E-state index in [-0.39, 0.29) is 24.9 Å². The van der Waals surface area contributed by atoms with Crippen molar-refractivity contribution in [1.82, 2.24) is 4.90 Å². The van der Waals surface area contributed by atoms with Gasteiger partial charge in [-0.05, 0) is 43.6 Å². The summed E-state index contributed by atoms with van der Waals surface area (Å²) >= 11 is 0. The highest BCUT2D eigenvalue weighted by Crippen LogP contribution is 2.40. The van der Waals surface area contributed by atoms with Crippen LogP contribution in [0.4, 0.5) is 9.18 Å². The molecule has 0 radical (unpaired) electrons. The first kappa shape index (κ1) is 14.4. The van der Waals surface area contributed by atoms with Gasteiger partial charge in [-0.3, -0.25) is 4.39 Å². The molecule has 1 aromatic rings. The van der Waals surface area contributed by atoms with Crippen LogP contribution in [0.1, 0.15) is 37.7 Å². The van der Waals surface area contributed by atoms with Crippen LogP contribution in [0.2, 0.25) is 0 Å². The number of carbonyl (C=O) groups excluding carboxylic acids is 1. The van der Waals surface area contributed by atoms with Crippen LogP contribution in [-0.2, 0) is 11.3 Å². The molecule has 0 aliphatic carbocycles. The van der Waals surface area contributed by atoms with Crippen molar-refractivity contribution in [2.75, 3.05) is 6.67 Å². The first-order valence-electron chi connectivity index (χ1n) is 7.83. The molecule has 0 spiro atoms. The van der Waals surface area contributed by atoms with Gasteiger partial charge in [-0.1, -0.05) is 30.3 Å². The van der Waals surface area contributed by atoms with Crippen LogP contribution in [0, 0.1) is 5.92 Å². The summed E-state index contributed by atoms with van der Waals surface area (Å²) in [6.07, 6.45) is 4.37. The molecule has 2 unspecified atom stereocenters. The number of benzene rings is 1. The van der Waals surface area contributed by atoms with Crippen LogP contribution in [0.5, 0.6) is 0 Å². The summed E-state index contributed by atoms with van der Waals surface area (Å²) in [6.45, 7) is 0.0755. The Hall–Kier alpha value is -1.58. The van der Waals surface area contributed by atoms with Gasteiger partial charge in [0.2, 0.25) is 0 Å². The van der Waals surface area contributed by atoms with Crippen molar-refractivity contribution in [1.29, 1.82) is 0 Å². The number of hydrogen-bond acceptors (Lipinski definition) is 2. The molecule has 1 aromatic carbocycles. The lowest BCUT2D eigenvalue weighted by atomic mass is 9.89. The highest BCUT2D eigenvalue weighted by atomic mass is 19.1. The molecule has 3 rings (SSSR count). The summed E-state index contributed by atoms with van der Waals surface area (Å²) < 4.78 is 18.0. The van der Waals surface area contributed by atoms with Gasteiger partial charge >= 0.3 is 6.09 Å². The van der Waals surface area contributed by atoms with Gasteiger partial charge in [-0.2, -0.15) is 0 Å². The molecule has 0 saturated carbocycles. The minimum Gasteiger partial charge on any atom is -0.445 e. The third kappa shape index (κ3) is 3.20. The smallest absolute Gasteiger partial charge is 0.410 e. The standard InChI is InChI=1S/C17H22FNO2/c18-9-8-14-10-15-6-7-16(11-14)19(15)17(20)21-12-13-4-2-1-3-5-13/h1-5,14-16H,6-12H2. The van der Waals surface area contributed by atoms with Crippen LogP contribution < -0.4 is 0 Å². The molecule has 2 atom stereocenters. The Labute approximate surface area is 125 Å². The quantitative estimate of drug-likeness (QED) is 0.841. The number of ether oxygens (including phenoxy) is 1. The molecule has 1 amide bonds. The van der Waals surface area contributed by atoms with E-state index in [4.69, 9.17) is 4.74 Å². The summed E-state index contributed by atoms with van der Waals surface area (Å²) in [5.74, 6) is 0.436. The molecule has 2 bridgehead atoms. The van der Waals surface area contributed by atoms with E-state index in [1.54, 1.807) is 0 Å². The first-order chi connectivity index (χ1) is 10.3. The van der Waals surface area contributed by atoms with Gasteiger partial charge in [0.05, 0.1) is 6.67 Å². The summed E-state index contributed by atoms with van der Waals surface area (Å²) in [6, 6.07) is 10.2. The fourth-order valence-electron chi connectivity index (χ4n) is 3.77. The van der Waals surface area contributed by atoms with Crippen molar-refractivity contribution in [3.8, 4) is 0 Å². The second-order valence-corrected chi connectivity index (χ2v) is 6.15. The topological polar surface area (TPSA) is 29.5 Å². The van der Waals surface area contributed by atoms with Crippen molar-refractivity contribution < 1.29 is 13.9 Å². The lowest BCUT2D eigenvalue weighted by molar-refractivity contribution is 0.0511. The van der Waals surface area contributed by atoms with Crippen molar-refractivity contribution in [2.24, 2.45) is 5.92 Å². The Balaban J connectivity index is 1.56. The molecule has 2 aliphatic heterocycles. The molecule has 21 heavy (non-hydrogen) atoms. The molecule has 3 nitrogen and oxygen atoms in total. The molecular formula is C17H22FNO2. The van der Waals surface area contributed by atoms with Crippen LogP contribution in [0.25, 0.3) is 0 Å². The molecule has 114 valence electrons. The predicted molar refractivity (Wildman–Crippen MR) is 78.6 cm³/mol. The van der Waals surface area contributed by atoms with Gasteiger partial charge in [0, 0.05) is 12.1 Å². The Morgan fingerprint density at radius 2 is 1.86 bits per heavy atom. The minimum absolute atomic E-state index is 0.204. The van der Waals surface area contributed by atoms with E-state index in [0.717, 1.165) is 31.2 Å². The van der Waals surface area contributed by atoms with Gasteiger partial charge in [0.1, 0.15) is 6.61 Å². The zero-order chi connectivity index (χ0) is 14.7. The SMILES string of the molecule is O=C(OCc1ccccc1)N1C2CCC1CC(CCF)C2. The van der Waals surface area contributed by atoms with Crippen LogP contribution in [0.15, 0.2) is 30.3 Å². The van der Waals surface area contributed by atoms with Crippen molar-refractivity contribution in [3.63, 3.8) is 0 Å². The molecule has 2 fully saturated rings. The van der Waals surface area contributed by atoms with E-state index in [0.29, 0.717) is 18.9 Å². The van der Waals surface area contributed by atoms with Crippen LogP contribution >= 0.6 is 0 Å². The third-order valence-electron chi connectivity index (χ3n) is 4.76. The number of nitrogens with zero attached hydrogens (tertiary/aromatic N) is 1. The predicted octanol–water partition coefficient (Wildman–Crippen LogP) is 3.93. The molecular weight excluding hydrogens is 269 g/mol. The van der Waals surface area contributed by atoms with Gasteiger partial charge in [-0.25, -0.2) is 4.79 Å². The Morgan fingerprint density at radius 3 is 2.48 bits per heavy atom. The fraction of sp³-hybridized carbons (Fsp3) is 0.588. The number of carbonyl (C=O) groups is 1. The average molecular weight is 291 g/mol. The molecule has 0 aromatic heterocycles. The number of halogens is 1. The second-order valence-electron chi connectivity index (χ2n) is 6.15. The Kier molecular flexibility index (Phi) is 4.42. The van der Waals surface area contributed by atoms with Crippen molar-refractivity contribution in [2.45, 2.75) is 50.8 Å². The highest BCUT2D eigenvalue weighted by Gasteiger charge is 2.43. The maximum atomic E-state index is 12.5. The third-order valence-corrected chi connectivity index (χ3v) is 4.76. The normalized spacial score (nSPS) is 27.7. The Morgan fingerprint density at radius 1 is 1.19 bits per heavy atom. The average Bonchev–Trinajstić information content (AvgIpc) is 2.78. The lowest BCUT2D eigenvalue weighted by Crippen LogP contribution is -2.46. The van der Waals surface area contributed by atoms with Crippen molar-refractivity contribution in [3.05, 3.63) is 35.9 Å². The van der Waals surface area contributed by atoms with E-state index >= 15 is 0 Å². The second kappa shape index (κ2) is 6.46. The van der Waals surface area contributed by atoms with Crippen LogP contribution in [0.3, 0.4) is 0 Å². The van der Waals surface area contributed by atoms with E-state index in [2.05, 4.69) is 0 Å². The Bertz CT molecular complexity index is 465. The minimum atomic E-state index is -0.247. The highest BCUT2D eigenvalue weighted by molar-refractivity contribution is 5.69. The van der Waals surface area contributed by atoms with Gasteiger partial charge < -0.3 is 9.64 Å². The van der Waals surface area contributed by atoms with Gasteiger partial charge in [0.15, 0.2) is 0 Å².